The highest BCUT2D eigenvalue weighted by molar-refractivity contribution is 14.1. The molecule has 0 saturated heterocycles. The van der Waals surface area contributed by atoms with Gasteiger partial charge in [-0.2, -0.15) is 0 Å². The van der Waals surface area contributed by atoms with E-state index in [9.17, 15) is 10.1 Å². The zero-order valence-electron chi connectivity index (χ0n) is 8.31. The number of rotatable bonds is 2. The first kappa shape index (κ1) is 11.1. The van der Waals surface area contributed by atoms with Crippen molar-refractivity contribution >= 4 is 39.2 Å². The third kappa shape index (κ3) is 1.92. The summed E-state index contributed by atoms with van der Waals surface area (Å²) in [5.74, 6) is 0.461. The van der Waals surface area contributed by atoms with Crippen LogP contribution in [-0.2, 0) is 0 Å². The van der Waals surface area contributed by atoms with Gasteiger partial charge in [0.15, 0.2) is 0 Å². The van der Waals surface area contributed by atoms with Crippen molar-refractivity contribution in [3.8, 4) is 5.75 Å². The molecular weight excluding hydrogens is 323 g/mol. The highest BCUT2D eigenvalue weighted by Crippen LogP contribution is 2.29. The van der Waals surface area contributed by atoms with Crippen LogP contribution in [0.15, 0.2) is 24.4 Å². The van der Waals surface area contributed by atoms with Gasteiger partial charge in [0, 0.05) is 15.2 Å². The predicted octanol–water partition coefficient (Wildman–Crippen LogP) is 2.76. The first-order chi connectivity index (χ1) is 7.61. The molecule has 16 heavy (non-hydrogen) atoms. The quantitative estimate of drug-likeness (QED) is 0.482. The molecule has 0 aliphatic heterocycles. The van der Waals surface area contributed by atoms with Crippen LogP contribution in [0.3, 0.4) is 0 Å². The number of halogens is 1. The van der Waals surface area contributed by atoms with Gasteiger partial charge in [0.25, 0.3) is 5.69 Å². The summed E-state index contributed by atoms with van der Waals surface area (Å²) < 4.78 is 5.94. The first-order valence-corrected chi connectivity index (χ1v) is 5.47. The van der Waals surface area contributed by atoms with Gasteiger partial charge >= 0.3 is 0 Å². The van der Waals surface area contributed by atoms with Crippen LogP contribution in [0.25, 0.3) is 10.9 Å². The Balaban J connectivity index is 2.81. The van der Waals surface area contributed by atoms with E-state index >= 15 is 0 Å². The summed E-state index contributed by atoms with van der Waals surface area (Å²) >= 11 is 2.11. The van der Waals surface area contributed by atoms with Crippen molar-refractivity contribution in [3.05, 3.63) is 38.1 Å². The minimum absolute atomic E-state index is 0.0363. The largest absolute Gasteiger partial charge is 0.496 e. The minimum Gasteiger partial charge on any atom is -0.496 e. The molecule has 6 heteroatoms. The Labute approximate surface area is 105 Å². The maximum atomic E-state index is 10.9. The van der Waals surface area contributed by atoms with Gasteiger partial charge < -0.3 is 4.74 Å². The molecule has 82 valence electrons. The molecule has 0 saturated carbocycles. The second-order valence-electron chi connectivity index (χ2n) is 3.13. The molecule has 0 unspecified atom stereocenters. The van der Waals surface area contributed by atoms with Crippen molar-refractivity contribution in [1.82, 2.24) is 4.98 Å². The Morgan fingerprint density at radius 3 is 2.81 bits per heavy atom. The number of hydrogen-bond acceptors (Lipinski definition) is 4. The van der Waals surface area contributed by atoms with Gasteiger partial charge in [0.05, 0.1) is 18.1 Å². The van der Waals surface area contributed by atoms with Crippen LogP contribution in [-0.4, -0.2) is 17.0 Å². The summed E-state index contributed by atoms with van der Waals surface area (Å²) in [6.07, 6.45) is 1.60. The number of ether oxygens (including phenoxy) is 1. The fourth-order valence-electron chi connectivity index (χ4n) is 1.43. The molecule has 0 spiro atoms. The number of nitro groups is 1. The lowest BCUT2D eigenvalue weighted by Gasteiger charge is -2.03. The van der Waals surface area contributed by atoms with Crippen molar-refractivity contribution in [3.63, 3.8) is 0 Å². The molecule has 1 heterocycles. The van der Waals surface area contributed by atoms with E-state index in [4.69, 9.17) is 4.74 Å². The number of aromatic nitrogens is 1. The highest BCUT2D eigenvalue weighted by Gasteiger charge is 2.15. The average molecular weight is 330 g/mol. The van der Waals surface area contributed by atoms with Crippen LogP contribution in [0.4, 0.5) is 5.69 Å². The van der Waals surface area contributed by atoms with Crippen molar-refractivity contribution in [2.75, 3.05) is 7.11 Å². The molecule has 2 rings (SSSR count). The number of fused-ring (bicyclic) bond motifs is 1. The molecule has 1 aromatic heterocycles. The van der Waals surface area contributed by atoms with E-state index < -0.39 is 4.92 Å². The number of hydrogen-bond donors (Lipinski definition) is 0. The summed E-state index contributed by atoms with van der Waals surface area (Å²) in [6.45, 7) is 0. The third-order valence-electron chi connectivity index (χ3n) is 2.14. The molecule has 0 bridgehead atoms. The lowest BCUT2D eigenvalue weighted by molar-refractivity contribution is -0.383. The average Bonchev–Trinajstić information content (AvgIpc) is 2.26. The number of nitro benzene ring substituents is 1. The van der Waals surface area contributed by atoms with Gasteiger partial charge in [-0.25, -0.2) is 4.98 Å². The maximum Gasteiger partial charge on any atom is 0.299 e. The molecule has 0 N–H and O–H groups in total. The second kappa shape index (κ2) is 4.20. The highest BCUT2D eigenvalue weighted by atomic mass is 127. The van der Waals surface area contributed by atoms with Crippen molar-refractivity contribution in [2.24, 2.45) is 0 Å². The van der Waals surface area contributed by atoms with Crippen LogP contribution in [0.5, 0.6) is 5.75 Å². The Hall–Kier alpha value is -1.44. The zero-order valence-corrected chi connectivity index (χ0v) is 10.5. The molecule has 0 aliphatic carbocycles. The van der Waals surface area contributed by atoms with E-state index in [-0.39, 0.29) is 5.69 Å². The first-order valence-electron chi connectivity index (χ1n) is 4.39. The summed E-state index contributed by atoms with van der Waals surface area (Å²) in [7, 11) is 1.48. The number of non-ortho nitro benzene ring substituents is 1. The summed E-state index contributed by atoms with van der Waals surface area (Å²) in [5.41, 5.74) is 0.344. The molecule has 0 amide bonds. The van der Waals surface area contributed by atoms with Crippen LogP contribution < -0.4 is 4.74 Å². The van der Waals surface area contributed by atoms with E-state index in [1.165, 1.54) is 13.2 Å². The van der Waals surface area contributed by atoms with E-state index in [2.05, 4.69) is 27.6 Å². The van der Waals surface area contributed by atoms with Gasteiger partial charge in [-0.3, -0.25) is 10.1 Å². The molecule has 0 radical (unpaired) electrons. The van der Waals surface area contributed by atoms with Crippen LogP contribution >= 0.6 is 22.6 Å². The van der Waals surface area contributed by atoms with Gasteiger partial charge in [-0.15, -0.1) is 0 Å². The minimum atomic E-state index is -0.454. The number of methoxy groups -OCH3 is 1. The lowest BCUT2D eigenvalue weighted by Crippen LogP contribution is -1.94. The number of pyridine rings is 1. The summed E-state index contributed by atoms with van der Waals surface area (Å²) in [4.78, 5) is 14.5. The van der Waals surface area contributed by atoms with E-state index in [1.807, 2.05) is 6.07 Å². The van der Waals surface area contributed by atoms with Crippen molar-refractivity contribution in [2.45, 2.75) is 0 Å². The molecule has 0 fully saturated rings. The molecular formula is C10H7IN2O3. The maximum absolute atomic E-state index is 10.9. The van der Waals surface area contributed by atoms with Gasteiger partial charge in [0.1, 0.15) is 11.3 Å². The lowest BCUT2D eigenvalue weighted by atomic mass is 10.2. The molecule has 0 atom stereocenters. The van der Waals surface area contributed by atoms with Crippen molar-refractivity contribution in [1.29, 1.82) is 0 Å². The molecule has 0 aliphatic rings. The fourth-order valence-corrected chi connectivity index (χ4v) is 1.91. The number of nitrogens with zero attached hydrogens (tertiary/aromatic N) is 2. The van der Waals surface area contributed by atoms with Crippen LogP contribution in [0.1, 0.15) is 0 Å². The molecule has 5 nitrogen and oxygen atoms in total. The standard InChI is InChI=1S/C10H7IN2O3/c1-16-8-3-6-2-7(11)5-12-10(6)9(4-8)13(14)15/h2-5H,1H3. The molecule has 1 aromatic carbocycles. The van der Waals surface area contributed by atoms with E-state index in [1.54, 1.807) is 12.3 Å². The van der Waals surface area contributed by atoms with Crippen LogP contribution in [0, 0.1) is 13.7 Å². The monoisotopic (exact) mass is 330 g/mol. The Morgan fingerprint density at radius 1 is 1.44 bits per heavy atom. The topological polar surface area (TPSA) is 65.3 Å². The Kier molecular flexibility index (Phi) is 2.90. The summed E-state index contributed by atoms with van der Waals surface area (Å²) in [5, 5.41) is 11.6. The normalized spacial score (nSPS) is 10.4. The Morgan fingerprint density at radius 2 is 2.19 bits per heavy atom. The van der Waals surface area contributed by atoms with Crippen molar-refractivity contribution < 1.29 is 9.66 Å². The smallest absolute Gasteiger partial charge is 0.299 e. The Bertz CT molecular complexity index is 571. The van der Waals surface area contributed by atoms with Crippen LogP contribution in [0.2, 0.25) is 0 Å². The molecule has 2 aromatic rings. The van der Waals surface area contributed by atoms with Gasteiger partial charge in [0.2, 0.25) is 0 Å². The predicted molar refractivity (Wildman–Crippen MR) is 67.7 cm³/mol. The fraction of sp³-hybridized carbons (Fsp3) is 0.100. The second-order valence-corrected chi connectivity index (χ2v) is 4.37. The zero-order chi connectivity index (χ0) is 11.7. The van der Waals surface area contributed by atoms with E-state index in [0.29, 0.717) is 16.7 Å². The third-order valence-corrected chi connectivity index (χ3v) is 2.73. The van der Waals surface area contributed by atoms with E-state index in [0.717, 1.165) is 3.57 Å². The summed E-state index contributed by atoms with van der Waals surface area (Å²) in [6, 6.07) is 4.94. The SMILES string of the molecule is COc1cc([N+](=O)[O-])c2ncc(I)cc2c1. The number of benzene rings is 1. The van der Waals surface area contributed by atoms with Gasteiger partial charge in [-0.1, -0.05) is 0 Å². The van der Waals surface area contributed by atoms with Gasteiger partial charge in [-0.05, 0) is 34.7 Å².